The molecular weight excluding hydrogens is 250 g/mol. The van der Waals surface area contributed by atoms with Crippen LogP contribution in [0.4, 0.5) is 0 Å². The molecule has 98 valence electrons. The van der Waals surface area contributed by atoms with E-state index in [-0.39, 0.29) is 18.4 Å². The molecule has 0 saturated carbocycles. The van der Waals surface area contributed by atoms with Gasteiger partial charge < -0.3 is 5.73 Å². The molecular formula is C9H22ClN3O2S. The Morgan fingerprint density at radius 2 is 2.19 bits per heavy atom. The zero-order valence-electron chi connectivity index (χ0n) is 9.85. The van der Waals surface area contributed by atoms with Crippen LogP contribution >= 0.6 is 12.4 Å². The summed E-state index contributed by atoms with van der Waals surface area (Å²) in [7, 11) is -3.26. The normalized spacial score (nSPS) is 24.1. The highest BCUT2D eigenvalue weighted by molar-refractivity contribution is 7.87. The molecule has 1 rings (SSSR count). The van der Waals surface area contributed by atoms with Gasteiger partial charge in [-0.2, -0.15) is 12.7 Å². The van der Waals surface area contributed by atoms with E-state index < -0.39 is 10.2 Å². The van der Waals surface area contributed by atoms with Gasteiger partial charge in [0.2, 0.25) is 0 Å². The lowest BCUT2D eigenvalue weighted by Crippen LogP contribution is -2.40. The van der Waals surface area contributed by atoms with Crippen LogP contribution in [0, 0.1) is 5.92 Å². The Balaban J connectivity index is 0.00000225. The van der Waals surface area contributed by atoms with Gasteiger partial charge in [-0.15, -0.1) is 12.4 Å². The van der Waals surface area contributed by atoms with Crippen molar-refractivity contribution in [3.8, 4) is 0 Å². The van der Waals surface area contributed by atoms with Crippen LogP contribution in [0.15, 0.2) is 0 Å². The minimum atomic E-state index is -3.26. The Labute approximate surface area is 104 Å². The van der Waals surface area contributed by atoms with Crippen molar-refractivity contribution in [1.82, 2.24) is 9.03 Å². The summed E-state index contributed by atoms with van der Waals surface area (Å²) in [4.78, 5) is 0. The second-order valence-corrected chi connectivity index (χ2v) is 5.92. The van der Waals surface area contributed by atoms with Gasteiger partial charge in [0.15, 0.2) is 0 Å². The number of nitrogens with one attached hydrogen (secondary N) is 1. The summed E-state index contributed by atoms with van der Waals surface area (Å²) >= 11 is 0. The molecule has 0 aromatic carbocycles. The Bertz CT molecular complexity index is 295. The van der Waals surface area contributed by atoms with E-state index in [0.29, 0.717) is 25.6 Å². The van der Waals surface area contributed by atoms with Gasteiger partial charge in [0.05, 0.1) is 0 Å². The SMILES string of the molecule is CCCNS(=O)(=O)N1CCC(C(C)N)C1.Cl. The molecule has 0 aromatic heterocycles. The van der Waals surface area contributed by atoms with Gasteiger partial charge in [-0.1, -0.05) is 6.92 Å². The van der Waals surface area contributed by atoms with Gasteiger partial charge in [0, 0.05) is 25.7 Å². The summed E-state index contributed by atoms with van der Waals surface area (Å²) < 4.78 is 27.5. The van der Waals surface area contributed by atoms with Crippen LogP contribution in [-0.4, -0.2) is 38.4 Å². The average Bonchev–Trinajstić information content (AvgIpc) is 2.64. The van der Waals surface area contributed by atoms with E-state index in [1.165, 1.54) is 4.31 Å². The Kier molecular flexibility index (Phi) is 6.81. The highest BCUT2D eigenvalue weighted by atomic mass is 35.5. The number of hydrogen-bond donors (Lipinski definition) is 2. The maximum Gasteiger partial charge on any atom is 0.279 e. The zero-order valence-corrected chi connectivity index (χ0v) is 11.5. The van der Waals surface area contributed by atoms with Crippen molar-refractivity contribution in [2.75, 3.05) is 19.6 Å². The van der Waals surface area contributed by atoms with Crippen molar-refractivity contribution in [3.63, 3.8) is 0 Å². The predicted octanol–water partition coefficient (Wildman–Crippen LogP) is 0.322. The minimum absolute atomic E-state index is 0. The molecule has 5 nitrogen and oxygen atoms in total. The first-order chi connectivity index (χ1) is 6.97. The van der Waals surface area contributed by atoms with Crippen LogP contribution in [-0.2, 0) is 10.2 Å². The molecule has 1 aliphatic heterocycles. The van der Waals surface area contributed by atoms with Crippen LogP contribution in [0.3, 0.4) is 0 Å². The summed E-state index contributed by atoms with van der Waals surface area (Å²) in [6.45, 7) is 5.52. The van der Waals surface area contributed by atoms with Crippen molar-refractivity contribution in [1.29, 1.82) is 0 Å². The summed E-state index contributed by atoms with van der Waals surface area (Å²) in [5.74, 6) is 0.295. The van der Waals surface area contributed by atoms with Crippen molar-refractivity contribution >= 4 is 22.6 Å². The third kappa shape index (κ3) is 4.18. The van der Waals surface area contributed by atoms with Gasteiger partial charge in [-0.3, -0.25) is 0 Å². The van der Waals surface area contributed by atoms with E-state index >= 15 is 0 Å². The third-order valence-corrected chi connectivity index (χ3v) is 4.39. The molecule has 0 radical (unpaired) electrons. The molecule has 0 spiro atoms. The third-order valence-electron chi connectivity index (χ3n) is 2.81. The van der Waals surface area contributed by atoms with Gasteiger partial charge in [-0.25, -0.2) is 4.72 Å². The lowest BCUT2D eigenvalue weighted by molar-refractivity contribution is 0.423. The van der Waals surface area contributed by atoms with E-state index in [4.69, 9.17) is 5.73 Å². The molecule has 1 saturated heterocycles. The molecule has 0 bridgehead atoms. The van der Waals surface area contributed by atoms with Crippen molar-refractivity contribution in [2.45, 2.75) is 32.7 Å². The summed E-state index contributed by atoms with van der Waals surface area (Å²) in [6.07, 6.45) is 1.68. The molecule has 0 aromatic rings. The van der Waals surface area contributed by atoms with Crippen molar-refractivity contribution in [2.24, 2.45) is 11.7 Å². The minimum Gasteiger partial charge on any atom is -0.328 e. The van der Waals surface area contributed by atoms with Gasteiger partial charge in [-0.05, 0) is 25.7 Å². The summed E-state index contributed by atoms with van der Waals surface area (Å²) in [5.41, 5.74) is 5.76. The molecule has 7 heteroatoms. The first-order valence-corrected chi connectivity index (χ1v) is 6.91. The van der Waals surface area contributed by atoms with Crippen molar-refractivity contribution < 1.29 is 8.42 Å². The van der Waals surface area contributed by atoms with Crippen LogP contribution in [0.5, 0.6) is 0 Å². The first-order valence-electron chi connectivity index (χ1n) is 5.47. The first kappa shape index (κ1) is 16.1. The molecule has 16 heavy (non-hydrogen) atoms. The monoisotopic (exact) mass is 271 g/mol. The van der Waals surface area contributed by atoms with E-state index in [0.717, 1.165) is 12.8 Å². The Hall–Kier alpha value is 0.120. The molecule has 1 fully saturated rings. The molecule has 0 amide bonds. The van der Waals surface area contributed by atoms with Gasteiger partial charge >= 0.3 is 0 Å². The number of halogens is 1. The van der Waals surface area contributed by atoms with Crippen LogP contribution in [0.1, 0.15) is 26.7 Å². The van der Waals surface area contributed by atoms with Crippen LogP contribution in [0.2, 0.25) is 0 Å². The highest BCUT2D eigenvalue weighted by Gasteiger charge is 2.32. The standard InChI is InChI=1S/C9H21N3O2S.ClH/c1-3-5-11-15(13,14)12-6-4-9(7-12)8(2)10;/h8-9,11H,3-7,10H2,1-2H3;1H. The molecule has 1 aliphatic rings. The van der Waals surface area contributed by atoms with E-state index in [2.05, 4.69) is 4.72 Å². The van der Waals surface area contributed by atoms with Crippen LogP contribution < -0.4 is 10.5 Å². The van der Waals surface area contributed by atoms with E-state index in [9.17, 15) is 8.42 Å². The van der Waals surface area contributed by atoms with Crippen molar-refractivity contribution in [3.05, 3.63) is 0 Å². The van der Waals surface area contributed by atoms with E-state index in [1.54, 1.807) is 0 Å². The van der Waals surface area contributed by atoms with Crippen LogP contribution in [0.25, 0.3) is 0 Å². The second kappa shape index (κ2) is 6.76. The molecule has 3 N–H and O–H groups in total. The topological polar surface area (TPSA) is 75.4 Å². The maximum absolute atomic E-state index is 11.7. The Morgan fingerprint density at radius 3 is 2.62 bits per heavy atom. The van der Waals surface area contributed by atoms with Gasteiger partial charge in [0.25, 0.3) is 10.2 Å². The molecule has 2 unspecified atom stereocenters. The summed E-state index contributed by atoms with van der Waals surface area (Å²) in [5, 5.41) is 0. The number of nitrogens with zero attached hydrogens (tertiary/aromatic N) is 1. The number of nitrogens with two attached hydrogens (primary N) is 1. The quantitative estimate of drug-likeness (QED) is 0.756. The Morgan fingerprint density at radius 1 is 1.56 bits per heavy atom. The fraction of sp³-hybridized carbons (Fsp3) is 1.00. The summed E-state index contributed by atoms with van der Waals surface area (Å²) in [6, 6.07) is 0.0661. The fourth-order valence-electron chi connectivity index (χ4n) is 1.72. The maximum atomic E-state index is 11.7. The molecule has 0 aliphatic carbocycles. The lowest BCUT2D eigenvalue weighted by Gasteiger charge is -2.18. The highest BCUT2D eigenvalue weighted by Crippen LogP contribution is 2.20. The second-order valence-electron chi connectivity index (χ2n) is 4.17. The zero-order chi connectivity index (χ0) is 11.5. The molecule has 2 atom stereocenters. The number of rotatable bonds is 5. The fourth-order valence-corrected chi connectivity index (χ4v) is 3.10. The molecule has 1 heterocycles. The lowest BCUT2D eigenvalue weighted by atomic mass is 10.0. The largest absolute Gasteiger partial charge is 0.328 e. The number of hydrogen-bond acceptors (Lipinski definition) is 3. The predicted molar refractivity (Wildman–Crippen MR) is 67.8 cm³/mol. The van der Waals surface area contributed by atoms with E-state index in [1.807, 2.05) is 13.8 Å². The average molecular weight is 272 g/mol. The smallest absolute Gasteiger partial charge is 0.279 e. The van der Waals surface area contributed by atoms with Gasteiger partial charge in [0.1, 0.15) is 0 Å².